The first-order chi connectivity index (χ1) is 11.5. The first-order valence-electron chi connectivity index (χ1n) is 8.74. The van der Waals surface area contributed by atoms with Gasteiger partial charge in [0, 0.05) is 19.3 Å². The van der Waals surface area contributed by atoms with Crippen LogP contribution in [-0.2, 0) is 19.4 Å². The van der Waals surface area contributed by atoms with E-state index in [1.54, 1.807) is 19.2 Å². The summed E-state index contributed by atoms with van der Waals surface area (Å²) in [6.07, 6.45) is 7.63. The molecule has 132 valence electrons. The van der Waals surface area contributed by atoms with Gasteiger partial charge in [-0.3, -0.25) is 0 Å². The van der Waals surface area contributed by atoms with Crippen molar-refractivity contribution in [2.45, 2.75) is 49.0 Å². The van der Waals surface area contributed by atoms with Crippen molar-refractivity contribution in [3.05, 3.63) is 29.8 Å². The number of sulfone groups is 1. The number of hydrogen-bond acceptors (Lipinski definition) is 4. The van der Waals surface area contributed by atoms with Gasteiger partial charge in [-0.15, -0.1) is 0 Å². The molecule has 0 amide bonds. The second-order valence-electron chi connectivity index (χ2n) is 7.30. The van der Waals surface area contributed by atoms with Gasteiger partial charge in [-0.25, -0.2) is 8.42 Å². The van der Waals surface area contributed by atoms with E-state index in [0.717, 1.165) is 31.1 Å². The van der Waals surface area contributed by atoms with Crippen LogP contribution in [0.1, 0.15) is 43.6 Å². The molecular formula is C19H26O4S. The molecule has 0 spiro atoms. The Morgan fingerprint density at radius 2 is 1.88 bits per heavy atom. The van der Waals surface area contributed by atoms with Gasteiger partial charge in [0.1, 0.15) is 6.29 Å². The summed E-state index contributed by atoms with van der Waals surface area (Å²) >= 11 is 0. The Morgan fingerprint density at radius 1 is 1.17 bits per heavy atom. The molecule has 2 aliphatic carbocycles. The highest BCUT2D eigenvalue weighted by molar-refractivity contribution is 7.90. The third-order valence-corrected chi connectivity index (χ3v) is 7.03. The summed E-state index contributed by atoms with van der Waals surface area (Å²) in [4.78, 5) is 12.0. The first kappa shape index (κ1) is 17.6. The fourth-order valence-electron chi connectivity index (χ4n) is 4.86. The van der Waals surface area contributed by atoms with Crippen LogP contribution in [-0.4, -0.2) is 34.2 Å². The molecule has 5 atom stereocenters. The minimum atomic E-state index is -3.22. The molecule has 0 heterocycles. The van der Waals surface area contributed by atoms with Gasteiger partial charge in [0.05, 0.1) is 11.0 Å². The van der Waals surface area contributed by atoms with E-state index in [1.807, 2.05) is 12.1 Å². The van der Waals surface area contributed by atoms with E-state index >= 15 is 0 Å². The van der Waals surface area contributed by atoms with Crippen molar-refractivity contribution in [3.8, 4) is 0 Å². The third kappa shape index (κ3) is 3.29. The zero-order chi connectivity index (χ0) is 17.3. The number of carbonyl (C=O) groups excluding carboxylic acids is 1. The van der Waals surface area contributed by atoms with E-state index in [9.17, 15) is 13.2 Å². The number of hydrogen-bond donors (Lipinski definition) is 0. The van der Waals surface area contributed by atoms with E-state index < -0.39 is 9.84 Å². The molecule has 0 saturated heterocycles. The number of benzene rings is 1. The van der Waals surface area contributed by atoms with E-state index in [-0.39, 0.29) is 17.9 Å². The van der Waals surface area contributed by atoms with Crippen LogP contribution >= 0.6 is 0 Å². The van der Waals surface area contributed by atoms with Crippen LogP contribution in [0.2, 0.25) is 0 Å². The molecule has 3 rings (SSSR count). The number of ether oxygens (including phenoxy) is 1. The van der Waals surface area contributed by atoms with Crippen molar-refractivity contribution in [2.75, 3.05) is 13.4 Å². The zero-order valence-corrected chi connectivity index (χ0v) is 15.2. The summed E-state index contributed by atoms with van der Waals surface area (Å²) in [5.74, 6) is 0.981. The summed E-state index contributed by atoms with van der Waals surface area (Å²) in [6.45, 7) is 0. The molecule has 5 heteroatoms. The largest absolute Gasteiger partial charge is 0.380 e. The molecule has 0 bridgehead atoms. The number of carbonyl (C=O) groups is 1. The van der Waals surface area contributed by atoms with Crippen LogP contribution < -0.4 is 0 Å². The smallest absolute Gasteiger partial charge is 0.175 e. The predicted molar refractivity (Wildman–Crippen MR) is 92.7 cm³/mol. The van der Waals surface area contributed by atoms with Crippen molar-refractivity contribution in [1.82, 2.24) is 0 Å². The number of rotatable bonds is 4. The molecule has 0 aliphatic heterocycles. The van der Waals surface area contributed by atoms with Gasteiger partial charge in [0.2, 0.25) is 0 Å². The van der Waals surface area contributed by atoms with Crippen LogP contribution in [0.4, 0.5) is 0 Å². The number of aldehydes is 1. The van der Waals surface area contributed by atoms with Crippen LogP contribution in [0.25, 0.3) is 0 Å². The van der Waals surface area contributed by atoms with E-state index in [0.29, 0.717) is 16.7 Å². The highest BCUT2D eigenvalue weighted by atomic mass is 32.2. The Bertz CT molecular complexity index is 697. The molecule has 4 nitrogen and oxygen atoms in total. The topological polar surface area (TPSA) is 60.4 Å². The van der Waals surface area contributed by atoms with Crippen LogP contribution in [0.5, 0.6) is 0 Å². The van der Waals surface area contributed by atoms with Gasteiger partial charge >= 0.3 is 0 Å². The Hall–Kier alpha value is -1.20. The fraction of sp³-hybridized carbons (Fsp3) is 0.632. The second kappa shape index (κ2) is 6.96. The molecule has 2 saturated carbocycles. The molecule has 0 N–H and O–H groups in total. The maximum absolute atomic E-state index is 11.9. The third-order valence-electron chi connectivity index (χ3n) is 5.92. The van der Waals surface area contributed by atoms with Crippen molar-refractivity contribution < 1.29 is 17.9 Å². The average Bonchev–Trinajstić information content (AvgIpc) is 2.59. The SMILES string of the molecule is COC1C(C=O)CC(c2cccc(S(C)(=O)=O)c2)C2CCCCC21. The summed E-state index contributed by atoms with van der Waals surface area (Å²) in [5.41, 5.74) is 1.05. The second-order valence-corrected chi connectivity index (χ2v) is 9.32. The quantitative estimate of drug-likeness (QED) is 0.782. The van der Waals surface area contributed by atoms with Crippen molar-refractivity contribution in [3.63, 3.8) is 0 Å². The molecule has 0 aromatic heterocycles. The monoisotopic (exact) mass is 350 g/mol. The lowest BCUT2D eigenvalue weighted by Crippen LogP contribution is -2.46. The summed E-state index contributed by atoms with van der Waals surface area (Å²) in [5, 5.41) is 0. The van der Waals surface area contributed by atoms with Gasteiger partial charge in [-0.1, -0.05) is 25.0 Å². The Balaban J connectivity index is 1.98. The van der Waals surface area contributed by atoms with E-state index in [1.165, 1.54) is 19.1 Å². The molecule has 2 aliphatic rings. The molecule has 5 unspecified atom stereocenters. The van der Waals surface area contributed by atoms with Crippen LogP contribution in [0, 0.1) is 17.8 Å². The van der Waals surface area contributed by atoms with Gasteiger partial charge in [0.25, 0.3) is 0 Å². The van der Waals surface area contributed by atoms with Gasteiger partial charge in [-0.05, 0) is 54.7 Å². The number of fused-ring (bicyclic) bond motifs is 1. The molecule has 0 radical (unpaired) electrons. The van der Waals surface area contributed by atoms with Gasteiger partial charge in [0.15, 0.2) is 9.84 Å². The molecule has 1 aromatic rings. The Morgan fingerprint density at radius 3 is 2.50 bits per heavy atom. The normalized spacial score (nSPS) is 33.7. The minimum Gasteiger partial charge on any atom is -0.380 e. The van der Waals surface area contributed by atoms with Gasteiger partial charge < -0.3 is 9.53 Å². The average molecular weight is 350 g/mol. The number of methoxy groups -OCH3 is 1. The highest BCUT2D eigenvalue weighted by Gasteiger charge is 2.46. The summed E-state index contributed by atoms with van der Waals surface area (Å²) < 4.78 is 29.5. The lowest BCUT2D eigenvalue weighted by molar-refractivity contribution is -0.124. The minimum absolute atomic E-state index is 0.00198. The van der Waals surface area contributed by atoms with E-state index in [2.05, 4.69) is 0 Å². The van der Waals surface area contributed by atoms with Crippen molar-refractivity contribution >= 4 is 16.1 Å². The fourth-order valence-corrected chi connectivity index (χ4v) is 5.53. The Labute approximate surface area is 144 Å². The Kier molecular flexibility index (Phi) is 5.11. The zero-order valence-electron chi connectivity index (χ0n) is 14.4. The predicted octanol–water partition coefficient (Wildman–Crippen LogP) is 3.21. The van der Waals surface area contributed by atoms with Crippen LogP contribution in [0.3, 0.4) is 0 Å². The summed E-state index contributed by atoms with van der Waals surface area (Å²) in [7, 11) is -1.52. The van der Waals surface area contributed by atoms with Gasteiger partial charge in [-0.2, -0.15) is 0 Å². The first-order valence-corrected chi connectivity index (χ1v) is 10.6. The molecule has 2 fully saturated rings. The molecular weight excluding hydrogens is 324 g/mol. The molecule has 24 heavy (non-hydrogen) atoms. The van der Waals surface area contributed by atoms with Crippen molar-refractivity contribution in [1.29, 1.82) is 0 Å². The lowest BCUT2D eigenvalue weighted by atomic mass is 9.59. The lowest BCUT2D eigenvalue weighted by Gasteiger charge is -2.48. The van der Waals surface area contributed by atoms with Crippen molar-refractivity contribution in [2.24, 2.45) is 17.8 Å². The van der Waals surface area contributed by atoms with E-state index in [4.69, 9.17) is 4.74 Å². The maximum Gasteiger partial charge on any atom is 0.175 e. The highest BCUT2D eigenvalue weighted by Crippen LogP contribution is 2.50. The molecule has 1 aromatic carbocycles. The standard InChI is InChI=1S/C19H26O4S/c1-23-19-14(12-20)11-18(16-8-3-4-9-17(16)19)13-6-5-7-15(10-13)24(2,21)22/h5-7,10,12,14,16-19H,3-4,8-9,11H2,1-2H3. The summed E-state index contributed by atoms with van der Waals surface area (Å²) in [6, 6.07) is 7.29. The van der Waals surface area contributed by atoms with Crippen LogP contribution in [0.15, 0.2) is 29.2 Å². The maximum atomic E-state index is 11.9.